The van der Waals surface area contributed by atoms with Crippen molar-refractivity contribution >= 4 is 0 Å². The monoisotopic (exact) mass is 269 g/mol. The number of aliphatic hydroxyl groups is 1. The van der Waals surface area contributed by atoms with E-state index in [2.05, 4.69) is 11.8 Å². The van der Waals surface area contributed by atoms with Gasteiger partial charge in [0.05, 0.1) is 0 Å². The van der Waals surface area contributed by atoms with Crippen molar-refractivity contribution in [2.45, 2.75) is 32.7 Å². The fraction of sp³-hybridized carbons (Fsp3) is 0.600. The second-order valence-corrected chi connectivity index (χ2v) is 5.50. The number of likely N-dealkylation sites (tertiary alicyclic amines) is 1. The van der Waals surface area contributed by atoms with E-state index in [4.69, 9.17) is 0 Å². The van der Waals surface area contributed by atoms with Crippen LogP contribution in [0.4, 0.5) is 8.78 Å². The van der Waals surface area contributed by atoms with Crippen LogP contribution in [0.2, 0.25) is 0 Å². The van der Waals surface area contributed by atoms with E-state index in [0.29, 0.717) is 12.1 Å². The van der Waals surface area contributed by atoms with Crippen LogP contribution in [0.15, 0.2) is 18.2 Å². The van der Waals surface area contributed by atoms with Crippen molar-refractivity contribution in [3.63, 3.8) is 0 Å². The van der Waals surface area contributed by atoms with Gasteiger partial charge in [0.25, 0.3) is 0 Å². The normalized spacial score (nSPS) is 19.6. The maximum atomic E-state index is 13.6. The highest BCUT2D eigenvalue weighted by Gasteiger charge is 2.32. The van der Waals surface area contributed by atoms with Gasteiger partial charge in [-0.15, -0.1) is 0 Å². The molecule has 0 atom stereocenters. The van der Waals surface area contributed by atoms with Crippen molar-refractivity contribution in [2.75, 3.05) is 19.7 Å². The van der Waals surface area contributed by atoms with E-state index >= 15 is 0 Å². The highest BCUT2D eigenvalue weighted by Crippen LogP contribution is 2.34. The Kier molecular flexibility index (Phi) is 4.53. The maximum Gasteiger partial charge on any atom is 0.163 e. The molecule has 2 nitrogen and oxygen atoms in total. The average Bonchev–Trinajstić information content (AvgIpc) is 2.45. The van der Waals surface area contributed by atoms with Crippen molar-refractivity contribution in [1.29, 1.82) is 0 Å². The van der Waals surface area contributed by atoms with Gasteiger partial charge in [-0.1, -0.05) is 19.1 Å². The second kappa shape index (κ2) is 5.97. The SMILES string of the molecule is CCC1(CO)CCN(Cc2cccc(F)c2F)CC1. The van der Waals surface area contributed by atoms with Gasteiger partial charge in [0.2, 0.25) is 0 Å². The molecule has 0 aliphatic carbocycles. The Bertz CT molecular complexity index is 422. The molecule has 1 aliphatic heterocycles. The van der Waals surface area contributed by atoms with Crippen LogP contribution in [-0.2, 0) is 6.54 Å². The Hall–Kier alpha value is -1.00. The summed E-state index contributed by atoms with van der Waals surface area (Å²) in [6.07, 6.45) is 2.79. The first-order chi connectivity index (χ1) is 9.10. The summed E-state index contributed by atoms with van der Waals surface area (Å²) < 4.78 is 26.7. The van der Waals surface area contributed by atoms with Crippen LogP contribution in [0.3, 0.4) is 0 Å². The minimum Gasteiger partial charge on any atom is -0.396 e. The third kappa shape index (κ3) is 3.12. The van der Waals surface area contributed by atoms with Crippen LogP contribution in [-0.4, -0.2) is 29.7 Å². The Balaban J connectivity index is 1.98. The molecule has 0 bridgehead atoms. The smallest absolute Gasteiger partial charge is 0.163 e. The van der Waals surface area contributed by atoms with Crippen LogP contribution >= 0.6 is 0 Å². The molecular weight excluding hydrogens is 248 g/mol. The van der Waals surface area contributed by atoms with E-state index in [1.165, 1.54) is 0 Å². The molecule has 1 fully saturated rings. The molecular formula is C15H21F2NO. The van der Waals surface area contributed by atoms with Crippen molar-refractivity contribution in [3.8, 4) is 0 Å². The lowest BCUT2D eigenvalue weighted by Crippen LogP contribution is -2.41. The first-order valence-corrected chi connectivity index (χ1v) is 6.86. The van der Waals surface area contributed by atoms with Crippen LogP contribution in [0, 0.1) is 17.0 Å². The Labute approximate surface area is 113 Å². The van der Waals surface area contributed by atoms with Crippen LogP contribution in [0.25, 0.3) is 0 Å². The first-order valence-electron chi connectivity index (χ1n) is 6.86. The summed E-state index contributed by atoms with van der Waals surface area (Å²) in [5.41, 5.74) is 0.435. The lowest BCUT2D eigenvalue weighted by Gasteiger charge is -2.40. The summed E-state index contributed by atoms with van der Waals surface area (Å²) in [5, 5.41) is 9.47. The summed E-state index contributed by atoms with van der Waals surface area (Å²) in [6, 6.07) is 4.32. The number of piperidine rings is 1. The quantitative estimate of drug-likeness (QED) is 0.908. The predicted octanol–water partition coefficient (Wildman–Crippen LogP) is 2.95. The highest BCUT2D eigenvalue weighted by molar-refractivity contribution is 5.18. The fourth-order valence-electron chi connectivity index (χ4n) is 2.72. The van der Waals surface area contributed by atoms with Gasteiger partial charge in [-0.05, 0) is 43.8 Å². The molecule has 0 amide bonds. The molecule has 0 radical (unpaired) electrons. The molecule has 2 rings (SSSR count). The molecule has 0 saturated carbocycles. The second-order valence-electron chi connectivity index (χ2n) is 5.50. The van der Waals surface area contributed by atoms with E-state index in [-0.39, 0.29) is 12.0 Å². The standard InChI is InChI=1S/C15H21F2NO/c1-2-15(11-19)6-8-18(9-7-15)10-12-4-3-5-13(16)14(12)17/h3-5,19H,2,6-11H2,1H3. The molecule has 1 saturated heterocycles. The van der Waals surface area contributed by atoms with Gasteiger partial charge in [0.1, 0.15) is 0 Å². The first kappa shape index (κ1) is 14.4. The van der Waals surface area contributed by atoms with E-state index in [9.17, 15) is 13.9 Å². The minimum atomic E-state index is -0.784. The molecule has 1 N–H and O–H groups in total. The zero-order valence-electron chi connectivity index (χ0n) is 11.3. The number of benzene rings is 1. The van der Waals surface area contributed by atoms with Gasteiger partial charge in [-0.2, -0.15) is 0 Å². The lowest BCUT2D eigenvalue weighted by molar-refractivity contribution is 0.0378. The van der Waals surface area contributed by atoms with Crippen LogP contribution in [0.1, 0.15) is 31.7 Å². The molecule has 0 unspecified atom stereocenters. The Morgan fingerprint density at radius 3 is 2.53 bits per heavy atom. The summed E-state index contributed by atoms with van der Waals surface area (Å²) in [6.45, 7) is 4.40. The van der Waals surface area contributed by atoms with Crippen molar-refractivity contribution in [3.05, 3.63) is 35.4 Å². The van der Waals surface area contributed by atoms with E-state index < -0.39 is 11.6 Å². The number of rotatable bonds is 4. The van der Waals surface area contributed by atoms with E-state index in [1.54, 1.807) is 12.1 Å². The largest absolute Gasteiger partial charge is 0.396 e. The van der Waals surface area contributed by atoms with Gasteiger partial charge in [-0.3, -0.25) is 4.90 Å². The van der Waals surface area contributed by atoms with Gasteiger partial charge in [-0.25, -0.2) is 8.78 Å². The maximum absolute atomic E-state index is 13.6. The van der Waals surface area contributed by atoms with Crippen molar-refractivity contribution in [1.82, 2.24) is 4.90 Å². The summed E-state index contributed by atoms with van der Waals surface area (Å²) in [7, 11) is 0. The summed E-state index contributed by atoms with van der Waals surface area (Å²) >= 11 is 0. The molecule has 1 aliphatic rings. The Morgan fingerprint density at radius 2 is 1.95 bits per heavy atom. The predicted molar refractivity (Wildman–Crippen MR) is 70.7 cm³/mol. The molecule has 0 spiro atoms. The van der Waals surface area contributed by atoms with Gasteiger partial charge >= 0.3 is 0 Å². The lowest BCUT2D eigenvalue weighted by atomic mass is 9.77. The third-order valence-electron chi connectivity index (χ3n) is 4.43. The van der Waals surface area contributed by atoms with Gasteiger partial charge in [0, 0.05) is 18.7 Å². The molecule has 106 valence electrons. The average molecular weight is 269 g/mol. The molecule has 4 heteroatoms. The number of halogens is 2. The van der Waals surface area contributed by atoms with Crippen LogP contribution in [0.5, 0.6) is 0 Å². The van der Waals surface area contributed by atoms with Crippen LogP contribution < -0.4 is 0 Å². The minimum absolute atomic E-state index is 0.0248. The number of hydrogen-bond acceptors (Lipinski definition) is 2. The summed E-state index contributed by atoms with van der Waals surface area (Å²) in [5.74, 6) is -1.52. The number of hydrogen-bond donors (Lipinski definition) is 1. The van der Waals surface area contributed by atoms with Gasteiger partial charge < -0.3 is 5.11 Å². The zero-order chi connectivity index (χ0) is 13.9. The molecule has 1 aromatic rings. The summed E-state index contributed by atoms with van der Waals surface area (Å²) in [4.78, 5) is 2.13. The molecule has 19 heavy (non-hydrogen) atoms. The third-order valence-corrected chi connectivity index (χ3v) is 4.43. The topological polar surface area (TPSA) is 23.5 Å². The van der Waals surface area contributed by atoms with Crippen molar-refractivity contribution < 1.29 is 13.9 Å². The number of aliphatic hydroxyl groups excluding tert-OH is 1. The molecule has 1 heterocycles. The van der Waals surface area contributed by atoms with E-state index in [1.807, 2.05) is 0 Å². The zero-order valence-corrected chi connectivity index (χ0v) is 11.3. The fourth-order valence-corrected chi connectivity index (χ4v) is 2.72. The van der Waals surface area contributed by atoms with Crippen molar-refractivity contribution in [2.24, 2.45) is 5.41 Å². The Morgan fingerprint density at radius 1 is 1.26 bits per heavy atom. The number of nitrogens with zero attached hydrogens (tertiary/aromatic N) is 1. The highest BCUT2D eigenvalue weighted by atomic mass is 19.2. The van der Waals surface area contributed by atoms with Gasteiger partial charge in [0.15, 0.2) is 11.6 Å². The molecule has 1 aromatic carbocycles. The molecule has 0 aromatic heterocycles. The van der Waals surface area contributed by atoms with E-state index in [0.717, 1.165) is 38.4 Å².